The van der Waals surface area contributed by atoms with Crippen molar-refractivity contribution in [3.8, 4) is 11.6 Å². The standard InChI is InChI=1S/C31H39ClN6O5S/c1-19(2)43-27-14-21-17-38(22-8-7-11-37(18-22)12-13-39)30(40)23(21)15-26(27)35-31-33-16-24(32)29(36-31)34-25-9-5-6-10-28(25)44(41,42)20(3)4/h5-6,9-10,14-17,19-20,22,39-40H,7-8,11-13,18H2,1-4H3,(H2,33,34,35,36)/t22-/m0/s1. The smallest absolute Gasteiger partial charge is 0.229 e. The molecular weight excluding hydrogens is 604 g/mol. The summed E-state index contributed by atoms with van der Waals surface area (Å²) >= 11 is 6.44. The van der Waals surface area contributed by atoms with Gasteiger partial charge in [0, 0.05) is 36.1 Å². The number of nitrogens with zero attached hydrogens (tertiary/aromatic N) is 4. The highest BCUT2D eigenvalue weighted by Crippen LogP contribution is 2.40. The molecule has 0 spiro atoms. The molecule has 11 nitrogen and oxygen atoms in total. The van der Waals surface area contributed by atoms with Crippen molar-refractivity contribution in [3.05, 3.63) is 53.8 Å². The molecule has 236 valence electrons. The topological polar surface area (TPSA) is 142 Å². The number of anilines is 4. The molecule has 4 aromatic rings. The van der Waals surface area contributed by atoms with Gasteiger partial charge in [0.1, 0.15) is 10.8 Å². The lowest BCUT2D eigenvalue weighted by molar-refractivity contribution is 0.139. The Hall–Kier alpha value is -3.58. The van der Waals surface area contributed by atoms with Gasteiger partial charge < -0.3 is 30.2 Å². The van der Waals surface area contributed by atoms with E-state index in [4.69, 9.17) is 16.3 Å². The fraction of sp³-hybridized carbons (Fsp3) is 0.419. The fourth-order valence-electron chi connectivity index (χ4n) is 5.41. The van der Waals surface area contributed by atoms with Gasteiger partial charge in [0.2, 0.25) is 5.95 Å². The van der Waals surface area contributed by atoms with Crippen molar-refractivity contribution < 1.29 is 23.4 Å². The summed E-state index contributed by atoms with van der Waals surface area (Å²) in [6.45, 7) is 9.50. The van der Waals surface area contributed by atoms with Gasteiger partial charge in [-0.15, -0.1) is 0 Å². The number of aliphatic hydroxyl groups excluding tert-OH is 1. The quantitative estimate of drug-likeness (QED) is 0.157. The Kier molecular flexibility index (Phi) is 9.54. The van der Waals surface area contributed by atoms with Crippen molar-refractivity contribution in [3.63, 3.8) is 0 Å². The van der Waals surface area contributed by atoms with Gasteiger partial charge in [-0.1, -0.05) is 23.7 Å². The highest BCUT2D eigenvalue weighted by atomic mass is 35.5. The summed E-state index contributed by atoms with van der Waals surface area (Å²) in [5, 5.41) is 28.1. The molecule has 1 fully saturated rings. The van der Waals surface area contributed by atoms with Gasteiger partial charge in [0.25, 0.3) is 0 Å². The molecule has 1 aliphatic rings. The highest BCUT2D eigenvalue weighted by Gasteiger charge is 2.26. The number of piperidine rings is 1. The van der Waals surface area contributed by atoms with E-state index in [1.54, 1.807) is 38.1 Å². The maximum Gasteiger partial charge on any atom is 0.229 e. The molecule has 2 aromatic carbocycles. The number of hydrogen-bond acceptors (Lipinski definition) is 10. The zero-order chi connectivity index (χ0) is 31.6. The molecule has 13 heteroatoms. The zero-order valence-electron chi connectivity index (χ0n) is 25.3. The van der Waals surface area contributed by atoms with Gasteiger partial charge in [-0.05, 0) is 71.3 Å². The van der Waals surface area contributed by atoms with E-state index in [2.05, 4.69) is 25.5 Å². The first kappa shape index (κ1) is 31.8. The minimum atomic E-state index is -3.57. The van der Waals surface area contributed by atoms with Crippen molar-refractivity contribution in [2.24, 2.45) is 0 Å². The van der Waals surface area contributed by atoms with E-state index in [1.165, 1.54) is 6.20 Å². The largest absolute Gasteiger partial charge is 0.494 e. The first-order valence-electron chi connectivity index (χ1n) is 14.7. The molecule has 1 aliphatic heterocycles. The third kappa shape index (κ3) is 6.73. The minimum Gasteiger partial charge on any atom is -0.494 e. The second kappa shape index (κ2) is 13.2. The molecule has 3 heterocycles. The number of aliphatic hydroxyl groups is 1. The number of aromatic nitrogens is 3. The number of ether oxygens (including phenoxy) is 1. The van der Waals surface area contributed by atoms with E-state index in [0.717, 1.165) is 31.3 Å². The molecule has 4 N–H and O–H groups in total. The molecule has 0 radical (unpaired) electrons. The minimum absolute atomic E-state index is 0.0733. The van der Waals surface area contributed by atoms with Crippen LogP contribution in [0.1, 0.15) is 46.6 Å². The molecule has 1 atom stereocenters. The summed E-state index contributed by atoms with van der Waals surface area (Å²) in [7, 11) is -3.57. The van der Waals surface area contributed by atoms with Crippen LogP contribution in [0.4, 0.5) is 23.1 Å². The van der Waals surface area contributed by atoms with Crippen molar-refractivity contribution >= 4 is 55.4 Å². The monoisotopic (exact) mass is 642 g/mol. The normalized spacial score (nSPS) is 16.1. The Morgan fingerprint density at radius 2 is 1.91 bits per heavy atom. The number of fused-ring (bicyclic) bond motifs is 1. The van der Waals surface area contributed by atoms with E-state index >= 15 is 0 Å². The summed E-state index contributed by atoms with van der Waals surface area (Å²) in [5.74, 6) is 1.12. The third-order valence-corrected chi connectivity index (χ3v) is 10.1. The van der Waals surface area contributed by atoms with Crippen LogP contribution in [0.5, 0.6) is 11.6 Å². The van der Waals surface area contributed by atoms with Crippen LogP contribution in [0.15, 0.2) is 53.7 Å². The fourth-order valence-corrected chi connectivity index (χ4v) is 6.75. The average Bonchev–Trinajstić information content (AvgIpc) is 3.30. The number of benzene rings is 2. The van der Waals surface area contributed by atoms with Crippen LogP contribution in [0.3, 0.4) is 0 Å². The van der Waals surface area contributed by atoms with Crippen LogP contribution in [-0.2, 0) is 9.84 Å². The number of sulfone groups is 1. The van der Waals surface area contributed by atoms with E-state index < -0.39 is 15.1 Å². The first-order chi connectivity index (χ1) is 21.0. The molecule has 5 rings (SSSR count). The lowest BCUT2D eigenvalue weighted by Crippen LogP contribution is -2.37. The predicted octanol–water partition coefficient (Wildman–Crippen LogP) is 5.88. The van der Waals surface area contributed by atoms with Gasteiger partial charge in [-0.25, -0.2) is 13.4 Å². The maximum atomic E-state index is 13.0. The van der Waals surface area contributed by atoms with Gasteiger partial charge >= 0.3 is 0 Å². The first-order valence-corrected chi connectivity index (χ1v) is 16.7. The Bertz CT molecular complexity index is 1740. The lowest BCUT2D eigenvalue weighted by atomic mass is 10.1. The highest BCUT2D eigenvalue weighted by molar-refractivity contribution is 7.92. The maximum absolute atomic E-state index is 13.0. The van der Waals surface area contributed by atoms with Gasteiger partial charge in [0.05, 0.1) is 40.4 Å². The molecule has 0 bridgehead atoms. The van der Waals surface area contributed by atoms with Crippen molar-refractivity contribution in [1.82, 2.24) is 19.4 Å². The number of hydrogen-bond donors (Lipinski definition) is 4. The van der Waals surface area contributed by atoms with Crippen LogP contribution >= 0.6 is 11.6 Å². The molecule has 0 unspecified atom stereocenters. The number of para-hydroxylation sites is 1. The van der Waals surface area contributed by atoms with E-state index in [0.29, 0.717) is 29.1 Å². The van der Waals surface area contributed by atoms with Gasteiger partial charge in [-0.3, -0.25) is 4.90 Å². The van der Waals surface area contributed by atoms with Gasteiger partial charge in [-0.2, -0.15) is 4.98 Å². The van der Waals surface area contributed by atoms with Crippen LogP contribution in [0.25, 0.3) is 10.8 Å². The number of rotatable bonds is 11. The predicted molar refractivity (Wildman–Crippen MR) is 174 cm³/mol. The average molecular weight is 643 g/mol. The lowest BCUT2D eigenvalue weighted by Gasteiger charge is -2.33. The van der Waals surface area contributed by atoms with E-state index in [1.807, 2.05) is 36.7 Å². The van der Waals surface area contributed by atoms with Crippen molar-refractivity contribution in [1.29, 1.82) is 0 Å². The van der Waals surface area contributed by atoms with Crippen molar-refractivity contribution in [2.45, 2.75) is 62.8 Å². The summed E-state index contributed by atoms with van der Waals surface area (Å²) in [6.07, 6.45) is 5.14. The van der Waals surface area contributed by atoms with Gasteiger partial charge in [0.15, 0.2) is 21.5 Å². The Morgan fingerprint density at radius 3 is 2.64 bits per heavy atom. The molecule has 0 aliphatic carbocycles. The van der Waals surface area contributed by atoms with Crippen LogP contribution in [0, 0.1) is 0 Å². The van der Waals surface area contributed by atoms with Crippen LogP contribution < -0.4 is 15.4 Å². The Labute approximate surface area is 262 Å². The summed E-state index contributed by atoms with van der Waals surface area (Å²) < 4.78 is 34.0. The summed E-state index contributed by atoms with van der Waals surface area (Å²) in [6, 6.07) is 10.4. The van der Waals surface area contributed by atoms with Crippen molar-refractivity contribution in [2.75, 3.05) is 36.9 Å². The number of nitrogens with one attached hydrogen (secondary N) is 2. The molecule has 1 saturated heterocycles. The SMILES string of the molecule is CC(C)Oc1cc2cn([C@H]3CCCN(CCO)C3)c(O)c2cc1Nc1ncc(Cl)c(Nc2ccccc2S(=O)(=O)C(C)C)n1. The second-order valence-electron chi connectivity index (χ2n) is 11.5. The molecule has 0 amide bonds. The summed E-state index contributed by atoms with van der Waals surface area (Å²) in [4.78, 5) is 11.2. The Balaban J connectivity index is 1.48. The van der Waals surface area contributed by atoms with Crippen LogP contribution in [-0.4, -0.2) is 75.7 Å². The number of halogens is 1. The zero-order valence-corrected chi connectivity index (χ0v) is 26.9. The number of β-amino-alcohol motifs (C(OH)–C–C–N with tert-alkyl or cyclic N) is 1. The van der Waals surface area contributed by atoms with E-state index in [-0.39, 0.29) is 46.3 Å². The molecule has 0 saturated carbocycles. The molecule has 2 aromatic heterocycles. The summed E-state index contributed by atoms with van der Waals surface area (Å²) in [5.41, 5.74) is 0.894. The molecular formula is C31H39ClN6O5S. The third-order valence-electron chi connectivity index (χ3n) is 7.63. The number of likely N-dealkylation sites (tertiary alicyclic amines) is 1. The van der Waals surface area contributed by atoms with E-state index in [9.17, 15) is 18.6 Å². The Morgan fingerprint density at radius 1 is 1.14 bits per heavy atom. The second-order valence-corrected chi connectivity index (χ2v) is 14.4. The molecule has 44 heavy (non-hydrogen) atoms. The number of aromatic hydroxyl groups is 1. The van der Waals surface area contributed by atoms with Crippen LogP contribution in [0.2, 0.25) is 5.02 Å².